The number of carbonyl (C=O) groups is 1. The SMILES string of the molecule is CNC(C(=O)O)C(N)c1ccc2nc[nH]c2c1. The van der Waals surface area contributed by atoms with Gasteiger partial charge in [-0.1, -0.05) is 6.07 Å². The number of nitrogens with two attached hydrogens (primary N) is 1. The molecule has 2 aromatic rings. The molecule has 90 valence electrons. The number of hydrogen-bond donors (Lipinski definition) is 4. The van der Waals surface area contributed by atoms with E-state index in [0.717, 1.165) is 16.6 Å². The Morgan fingerprint density at radius 1 is 1.59 bits per heavy atom. The Kier molecular flexibility index (Phi) is 3.08. The second-order valence-electron chi connectivity index (χ2n) is 3.81. The van der Waals surface area contributed by atoms with Crippen LogP contribution in [0, 0.1) is 0 Å². The van der Waals surface area contributed by atoms with Gasteiger partial charge in [-0.05, 0) is 24.7 Å². The van der Waals surface area contributed by atoms with Crippen molar-refractivity contribution in [1.29, 1.82) is 0 Å². The molecule has 2 atom stereocenters. The third kappa shape index (κ3) is 2.13. The van der Waals surface area contributed by atoms with Crippen LogP contribution >= 0.6 is 0 Å². The predicted octanol–water partition coefficient (Wildman–Crippen LogP) is 0.235. The molecule has 1 aromatic carbocycles. The molecule has 2 rings (SSSR count). The quantitative estimate of drug-likeness (QED) is 0.606. The molecule has 2 unspecified atom stereocenters. The summed E-state index contributed by atoms with van der Waals surface area (Å²) in [5.41, 5.74) is 8.36. The van der Waals surface area contributed by atoms with Gasteiger partial charge in [0.05, 0.1) is 23.4 Å². The zero-order valence-corrected chi connectivity index (χ0v) is 9.34. The summed E-state index contributed by atoms with van der Waals surface area (Å²) in [6.07, 6.45) is 1.59. The maximum absolute atomic E-state index is 11.0. The maximum Gasteiger partial charge on any atom is 0.322 e. The molecule has 0 amide bonds. The molecule has 0 saturated heterocycles. The zero-order chi connectivity index (χ0) is 12.4. The van der Waals surface area contributed by atoms with Crippen LogP contribution in [0.4, 0.5) is 0 Å². The molecule has 1 heterocycles. The minimum Gasteiger partial charge on any atom is -0.480 e. The molecule has 1 aromatic heterocycles. The van der Waals surface area contributed by atoms with E-state index in [0.29, 0.717) is 0 Å². The first-order chi connectivity index (χ1) is 8.13. The second-order valence-corrected chi connectivity index (χ2v) is 3.81. The summed E-state index contributed by atoms with van der Waals surface area (Å²) in [4.78, 5) is 18.1. The Bertz CT molecular complexity index is 537. The first-order valence-electron chi connectivity index (χ1n) is 5.22. The summed E-state index contributed by atoms with van der Waals surface area (Å²) in [7, 11) is 1.58. The Morgan fingerprint density at radius 3 is 3.00 bits per heavy atom. The second kappa shape index (κ2) is 4.52. The summed E-state index contributed by atoms with van der Waals surface area (Å²) < 4.78 is 0. The lowest BCUT2D eigenvalue weighted by atomic mass is 10.00. The van der Waals surface area contributed by atoms with Crippen molar-refractivity contribution >= 4 is 17.0 Å². The maximum atomic E-state index is 11.0. The number of aliphatic carboxylic acids is 1. The van der Waals surface area contributed by atoms with Crippen LogP contribution in [0.1, 0.15) is 11.6 Å². The summed E-state index contributed by atoms with van der Waals surface area (Å²) in [6.45, 7) is 0. The van der Waals surface area contributed by atoms with Gasteiger partial charge in [0.15, 0.2) is 0 Å². The van der Waals surface area contributed by atoms with E-state index in [1.54, 1.807) is 19.4 Å². The molecule has 0 spiro atoms. The molecule has 0 fully saturated rings. The molecular formula is C11H14N4O2. The number of fused-ring (bicyclic) bond motifs is 1. The van der Waals surface area contributed by atoms with Gasteiger partial charge in [0.2, 0.25) is 0 Å². The van der Waals surface area contributed by atoms with E-state index in [9.17, 15) is 4.79 Å². The number of rotatable bonds is 4. The zero-order valence-electron chi connectivity index (χ0n) is 9.34. The van der Waals surface area contributed by atoms with Gasteiger partial charge in [-0.25, -0.2) is 4.98 Å². The smallest absolute Gasteiger partial charge is 0.322 e. The van der Waals surface area contributed by atoms with Crippen molar-refractivity contribution in [1.82, 2.24) is 15.3 Å². The van der Waals surface area contributed by atoms with Crippen LogP contribution in [0.25, 0.3) is 11.0 Å². The van der Waals surface area contributed by atoms with Gasteiger partial charge in [0.1, 0.15) is 6.04 Å². The minimum absolute atomic E-state index is 0.606. The molecular weight excluding hydrogens is 220 g/mol. The number of carboxylic acids is 1. The average molecular weight is 234 g/mol. The first kappa shape index (κ1) is 11.6. The number of benzene rings is 1. The molecule has 0 bridgehead atoms. The summed E-state index contributed by atoms with van der Waals surface area (Å²) >= 11 is 0. The molecule has 6 nitrogen and oxygen atoms in total. The summed E-state index contributed by atoms with van der Waals surface area (Å²) in [5, 5.41) is 11.7. The number of H-pyrrole nitrogens is 1. The van der Waals surface area contributed by atoms with E-state index in [2.05, 4.69) is 15.3 Å². The number of likely N-dealkylation sites (N-methyl/N-ethyl adjacent to an activating group) is 1. The molecule has 0 aliphatic rings. The highest BCUT2D eigenvalue weighted by molar-refractivity contribution is 5.77. The molecule has 0 aliphatic carbocycles. The van der Waals surface area contributed by atoms with Crippen LogP contribution in [0.15, 0.2) is 24.5 Å². The van der Waals surface area contributed by atoms with E-state index >= 15 is 0 Å². The highest BCUT2D eigenvalue weighted by atomic mass is 16.4. The van der Waals surface area contributed by atoms with Crippen LogP contribution in [-0.2, 0) is 4.79 Å². The van der Waals surface area contributed by atoms with Crippen molar-refractivity contribution in [2.75, 3.05) is 7.05 Å². The molecule has 0 radical (unpaired) electrons. The number of imidazole rings is 1. The highest BCUT2D eigenvalue weighted by Crippen LogP contribution is 2.19. The number of hydrogen-bond acceptors (Lipinski definition) is 4. The van der Waals surface area contributed by atoms with E-state index in [4.69, 9.17) is 10.8 Å². The lowest BCUT2D eigenvalue weighted by molar-refractivity contribution is -0.139. The highest BCUT2D eigenvalue weighted by Gasteiger charge is 2.24. The van der Waals surface area contributed by atoms with Crippen LogP contribution in [-0.4, -0.2) is 34.1 Å². The van der Waals surface area contributed by atoms with Crippen molar-refractivity contribution in [2.45, 2.75) is 12.1 Å². The van der Waals surface area contributed by atoms with E-state index in [1.807, 2.05) is 12.1 Å². The van der Waals surface area contributed by atoms with Crippen LogP contribution in [0.2, 0.25) is 0 Å². The van der Waals surface area contributed by atoms with Crippen molar-refractivity contribution in [3.05, 3.63) is 30.1 Å². The van der Waals surface area contributed by atoms with Crippen molar-refractivity contribution in [3.63, 3.8) is 0 Å². The van der Waals surface area contributed by atoms with Gasteiger partial charge in [-0.2, -0.15) is 0 Å². The van der Waals surface area contributed by atoms with Crippen LogP contribution < -0.4 is 11.1 Å². The van der Waals surface area contributed by atoms with Crippen molar-refractivity contribution < 1.29 is 9.90 Å². The minimum atomic E-state index is -0.968. The fourth-order valence-corrected chi connectivity index (χ4v) is 1.81. The summed E-state index contributed by atoms with van der Waals surface area (Å²) in [6, 6.07) is 4.01. The number of nitrogens with one attached hydrogen (secondary N) is 2. The molecule has 0 saturated carbocycles. The summed E-state index contributed by atoms with van der Waals surface area (Å²) in [5.74, 6) is -0.968. The fraction of sp³-hybridized carbons (Fsp3) is 0.273. The van der Waals surface area contributed by atoms with Gasteiger partial charge < -0.3 is 21.1 Å². The largest absolute Gasteiger partial charge is 0.480 e. The van der Waals surface area contributed by atoms with E-state index in [-0.39, 0.29) is 0 Å². The topological polar surface area (TPSA) is 104 Å². The Balaban J connectivity index is 2.34. The third-order valence-corrected chi connectivity index (χ3v) is 2.77. The molecule has 6 heteroatoms. The number of nitrogens with zero attached hydrogens (tertiary/aromatic N) is 1. The average Bonchev–Trinajstić information content (AvgIpc) is 2.75. The van der Waals surface area contributed by atoms with Gasteiger partial charge in [-0.3, -0.25) is 4.79 Å². The third-order valence-electron chi connectivity index (χ3n) is 2.77. The van der Waals surface area contributed by atoms with Crippen molar-refractivity contribution in [2.24, 2.45) is 5.73 Å². The van der Waals surface area contributed by atoms with Crippen LogP contribution in [0.3, 0.4) is 0 Å². The first-order valence-corrected chi connectivity index (χ1v) is 5.22. The lowest BCUT2D eigenvalue weighted by Crippen LogP contribution is -2.43. The lowest BCUT2D eigenvalue weighted by Gasteiger charge is -2.19. The molecule has 5 N–H and O–H groups in total. The number of aromatic nitrogens is 2. The Morgan fingerprint density at radius 2 is 2.35 bits per heavy atom. The van der Waals surface area contributed by atoms with Gasteiger partial charge in [0, 0.05) is 0 Å². The van der Waals surface area contributed by atoms with Crippen LogP contribution in [0.5, 0.6) is 0 Å². The molecule has 17 heavy (non-hydrogen) atoms. The monoisotopic (exact) mass is 234 g/mol. The number of carboxylic acid groups (broad SMARTS) is 1. The molecule has 0 aliphatic heterocycles. The van der Waals surface area contributed by atoms with Crippen molar-refractivity contribution in [3.8, 4) is 0 Å². The normalized spacial score (nSPS) is 14.7. The van der Waals surface area contributed by atoms with Gasteiger partial charge in [-0.15, -0.1) is 0 Å². The van der Waals surface area contributed by atoms with Gasteiger partial charge >= 0.3 is 5.97 Å². The standard InChI is InChI=1S/C11H14N4O2/c1-13-10(11(16)17)9(12)6-2-3-7-8(4-6)15-5-14-7/h2-5,9-10,13H,12H2,1H3,(H,14,15)(H,16,17). The predicted molar refractivity (Wildman–Crippen MR) is 63.5 cm³/mol. The fourth-order valence-electron chi connectivity index (χ4n) is 1.81. The Labute approximate surface area is 97.8 Å². The van der Waals surface area contributed by atoms with Gasteiger partial charge in [0.25, 0.3) is 0 Å². The Hall–Kier alpha value is -1.92. The van der Waals surface area contributed by atoms with E-state index in [1.165, 1.54) is 0 Å². The number of aromatic amines is 1. The van der Waals surface area contributed by atoms with E-state index < -0.39 is 18.1 Å².